The van der Waals surface area contributed by atoms with Crippen molar-refractivity contribution < 1.29 is 4.39 Å². The van der Waals surface area contributed by atoms with Crippen LogP contribution < -0.4 is 5.32 Å². The van der Waals surface area contributed by atoms with Crippen LogP contribution in [0, 0.1) is 19.7 Å². The summed E-state index contributed by atoms with van der Waals surface area (Å²) >= 11 is 0. The Kier molecular flexibility index (Phi) is 3.52. The monoisotopic (exact) mass is 281 g/mol. The maximum atomic E-state index is 13.7. The van der Waals surface area contributed by atoms with Gasteiger partial charge in [-0.2, -0.15) is 0 Å². The maximum absolute atomic E-state index is 13.7. The van der Waals surface area contributed by atoms with Gasteiger partial charge in [0.2, 0.25) is 0 Å². The molecule has 3 nitrogen and oxygen atoms in total. The lowest BCUT2D eigenvalue weighted by Crippen LogP contribution is -2.07. The molecule has 0 radical (unpaired) electrons. The SMILES string of the molecule is Cc1nc2ccccc2c(NCc2ncccc2F)c1C. The first kappa shape index (κ1) is 13.5. The Labute approximate surface area is 122 Å². The van der Waals surface area contributed by atoms with Crippen LogP contribution in [0.5, 0.6) is 0 Å². The number of pyridine rings is 2. The second-order valence-electron chi connectivity index (χ2n) is 5.00. The van der Waals surface area contributed by atoms with Crippen LogP contribution in [0.2, 0.25) is 0 Å². The van der Waals surface area contributed by atoms with Crippen molar-refractivity contribution in [2.24, 2.45) is 0 Å². The zero-order valence-electron chi connectivity index (χ0n) is 12.0. The van der Waals surface area contributed by atoms with Crippen molar-refractivity contribution >= 4 is 16.6 Å². The molecule has 0 aliphatic heterocycles. The highest BCUT2D eigenvalue weighted by atomic mass is 19.1. The van der Waals surface area contributed by atoms with Gasteiger partial charge in [-0.3, -0.25) is 9.97 Å². The number of anilines is 1. The van der Waals surface area contributed by atoms with Crippen LogP contribution in [0.3, 0.4) is 0 Å². The van der Waals surface area contributed by atoms with Crippen LogP contribution in [0.15, 0.2) is 42.6 Å². The summed E-state index contributed by atoms with van der Waals surface area (Å²) in [5, 5.41) is 4.35. The molecule has 3 aromatic rings. The molecule has 3 rings (SSSR count). The van der Waals surface area contributed by atoms with Gasteiger partial charge in [-0.05, 0) is 37.6 Å². The number of hydrogen-bond acceptors (Lipinski definition) is 3. The summed E-state index contributed by atoms with van der Waals surface area (Å²) in [6, 6.07) is 11.0. The highest BCUT2D eigenvalue weighted by molar-refractivity contribution is 5.93. The fraction of sp³-hybridized carbons (Fsp3) is 0.176. The molecule has 0 unspecified atom stereocenters. The molecule has 1 N–H and O–H groups in total. The van der Waals surface area contributed by atoms with Crippen LogP contribution in [-0.2, 0) is 6.54 Å². The van der Waals surface area contributed by atoms with Crippen molar-refractivity contribution in [1.29, 1.82) is 0 Å². The average molecular weight is 281 g/mol. The number of nitrogens with one attached hydrogen (secondary N) is 1. The molecular weight excluding hydrogens is 265 g/mol. The maximum Gasteiger partial charge on any atom is 0.146 e. The molecule has 0 spiro atoms. The third-order valence-corrected chi connectivity index (χ3v) is 3.65. The number of para-hydroxylation sites is 1. The molecule has 0 aliphatic rings. The molecular formula is C17H16FN3. The second kappa shape index (κ2) is 5.48. The summed E-state index contributed by atoms with van der Waals surface area (Å²) < 4.78 is 13.7. The van der Waals surface area contributed by atoms with Gasteiger partial charge in [0.25, 0.3) is 0 Å². The third kappa shape index (κ3) is 2.57. The number of hydrogen-bond donors (Lipinski definition) is 1. The molecule has 1 aromatic carbocycles. The van der Waals surface area contributed by atoms with Gasteiger partial charge >= 0.3 is 0 Å². The van der Waals surface area contributed by atoms with Gasteiger partial charge in [-0.25, -0.2) is 4.39 Å². The van der Waals surface area contributed by atoms with Crippen molar-refractivity contribution in [2.75, 3.05) is 5.32 Å². The van der Waals surface area contributed by atoms with Crippen molar-refractivity contribution in [3.8, 4) is 0 Å². The van der Waals surface area contributed by atoms with Gasteiger partial charge in [0.05, 0.1) is 17.8 Å². The van der Waals surface area contributed by atoms with Crippen LogP contribution >= 0.6 is 0 Å². The zero-order chi connectivity index (χ0) is 14.8. The van der Waals surface area contributed by atoms with Crippen LogP contribution in [-0.4, -0.2) is 9.97 Å². The smallest absolute Gasteiger partial charge is 0.146 e. The van der Waals surface area contributed by atoms with Crippen LogP contribution in [0.25, 0.3) is 10.9 Å². The van der Waals surface area contributed by atoms with Crippen LogP contribution in [0.1, 0.15) is 17.0 Å². The second-order valence-corrected chi connectivity index (χ2v) is 5.00. The highest BCUT2D eigenvalue weighted by Gasteiger charge is 2.10. The fourth-order valence-electron chi connectivity index (χ4n) is 2.38. The lowest BCUT2D eigenvalue weighted by Gasteiger charge is -2.14. The Balaban J connectivity index is 2.00. The van der Waals surface area contributed by atoms with Gasteiger partial charge in [0.15, 0.2) is 0 Å². The van der Waals surface area contributed by atoms with Gasteiger partial charge in [-0.1, -0.05) is 18.2 Å². The standard InChI is InChI=1S/C17H16FN3/c1-11-12(2)21-15-8-4-3-6-13(15)17(11)20-10-16-14(18)7-5-9-19-16/h3-9H,10H2,1-2H3,(H,20,21). The van der Waals surface area contributed by atoms with E-state index in [1.54, 1.807) is 12.3 Å². The van der Waals surface area contributed by atoms with E-state index in [4.69, 9.17) is 0 Å². The first-order valence-electron chi connectivity index (χ1n) is 6.86. The lowest BCUT2D eigenvalue weighted by atomic mass is 10.1. The topological polar surface area (TPSA) is 37.8 Å². The summed E-state index contributed by atoms with van der Waals surface area (Å²) in [6.07, 6.45) is 1.60. The Bertz CT molecular complexity index is 799. The van der Waals surface area contributed by atoms with Gasteiger partial charge in [0.1, 0.15) is 5.82 Å². The Morgan fingerprint density at radius 2 is 1.90 bits per heavy atom. The number of benzene rings is 1. The average Bonchev–Trinajstić information content (AvgIpc) is 2.49. The third-order valence-electron chi connectivity index (χ3n) is 3.65. The highest BCUT2D eigenvalue weighted by Crippen LogP contribution is 2.28. The minimum atomic E-state index is -0.294. The van der Waals surface area contributed by atoms with E-state index in [1.807, 2.05) is 38.1 Å². The lowest BCUT2D eigenvalue weighted by molar-refractivity contribution is 0.602. The molecule has 0 atom stereocenters. The van der Waals surface area contributed by atoms with Gasteiger partial charge in [0, 0.05) is 23.0 Å². The molecule has 0 aliphatic carbocycles. The minimum absolute atomic E-state index is 0.294. The van der Waals surface area contributed by atoms with E-state index in [0.29, 0.717) is 12.2 Å². The molecule has 0 saturated carbocycles. The molecule has 21 heavy (non-hydrogen) atoms. The van der Waals surface area contributed by atoms with E-state index >= 15 is 0 Å². The van der Waals surface area contributed by atoms with Crippen molar-refractivity contribution in [3.63, 3.8) is 0 Å². The largest absolute Gasteiger partial charge is 0.378 e. The number of nitrogens with zero attached hydrogens (tertiary/aromatic N) is 2. The Hall–Kier alpha value is -2.49. The number of halogens is 1. The van der Waals surface area contributed by atoms with Crippen molar-refractivity contribution in [1.82, 2.24) is 9.97 Å². The minimum Gasteiger partial charge on any atom is -0.378 e. The van der Waals surface area contributed by atoms with E-state index < -0.39 is 0 Å². The summed E-state index contributed by atoms with van der Waals surface area (Å²) in [5.41, 5.74) is 4.38. The van der Waals surface area contributed by atoms with E-state index in [-0.39, 0.29) is 5.82 Å². The number of fused-ring (bicyclic) bond motifs is 1. The predicted molar refractivity (Wildman–Crippen MR) is 82.7 cm³/mol. The summed E-state index contributed by atoms with van der Waals surface area (Å²) in [7, 11) is 0. The normalized spacial score (nSPS) is 10.8. The molecule has 0 bridgehead atoms. The van der Waals surface area contributed by atoms with E-state index in [1.165, 1.54) is 6.07 Å². The quantitative estimate of drug-likeness (QED) is 0.788. The van der Waals surface area contributed by atoms with E-state index in [2.05, 4.69) is 15.3 Å². The summed E-state index contributed by atoms with van der Waals surface area (Å²) in [4.78, 5) is 8.65. The predicted octanol–water partition coefficient (Wildman–Crippen LogP) is 4.00. The van der Waals surface area contributed by atoms with E-state index in [9.17, 15) is 4.39 Å². The number of aromatic nitrogens is 2. The zero-order valence-corrected chi connectivity index (χ0v) is 12.0. The molecule has 0 fully saturated rings. The molecule has 106 valence electrons. The molecule has 0 amide bonds. The first-order valence-corrected chi connectivity index (χ1v) is 6.86. The molecule has 0 saturated heterocycles. The van der Waals surface area contributed by atoms with Crippen LogP contribution in [0.4, 0.5) is 10.1 Å². The molecule has 4 heteroatoms. The van der Waals surface area contributed by atoms with Gasteiger partial charge in [-0.15, -0.1) is 0 Å². The summed E-state index contributed by atoms with van der Waals surface area (Å²) in [6.45, 7) is 4.35. The Morgan fingerprint density at radius 1 is 1.10 bits per heavy atom. The fourth-order valence-corrected chi connectivity index (χ4v) is 2.38. The molecule has 2 aromatic heterocycles. The van der Waals surface area contributed by atoms with Crippen molar-refractivity contribution in [3.05, 3.63) is 65.4 Å². The summed E-state index contributed by atoms with van der Waals surface area (Å²) in [5.74, 6) is -0.294. The van der Waals surface area contributed by atoms with E-state index in [0.717, 1.165) is 27.8 Å². The number of rotatable bonds is 3. The first-order chi connectivity index (χ1) is 10.2. The van der Waals surface area contributed by atoms with Crippen molar-refractivity contribution in [2.45, 2.75) is 20.4 Å². The molecule has 2 heterocycles. The Morgan fingerprint density at radius 3 is 2.71 bits per heavy atom. The van der Waals surface area contributed by atoms with Gasteiger partial charge < -0.3 is 5.32 Å². The number of aryl methyl sites for hydroxylation is 1.